The molecular formula is C22H32N2. The number of hydrogen-bond acceptors (Lipinski definition) is 2. The van der Waals surface area contributed by atoms with Crippen molar-refractivity contribution < 1.29 is 0 Å². The number of hydrazine groups is 1. The molecule has 0 fully saturated rings. The number of rotatable bonds is 10. The van der Waals surface area contributed by atoms with Gasteiger partial charge in [0.1, 0.15) is 0 Å². The van der Waals surface area contributed by atoms with Crippen molar-refractivity contribution in [1.29, 1.82) is 0 Å². The quantitative estimate of drug-likeness (QED) is 0.409. The van der Waals surface area contributed by atoms with Gasteiger partial charge in [-0.2, -0.15) is 0 Å². The lowest BCUT2D eigenvalue weighted by atomic mass is 10.0. The second-order valence-corrected chi connectivity index (χ2v) is 6.26. The zero-order valence-corrected chi connectivity index (χ0v) is 15.5. The van der Waals surface area contributed by atoms with Gasteiger partial charge < -0.3 is 5.01 Å². The molecule has 0 saturated carbocycles. The summed E-state index contributed by atoms with van der Waals surface area (Å²) in [5, 5.41) is 4.84. The fraction of sp³-hybridized carbons (Fsp3) is 0.455. The molecule has 0 aliphatic heterocycles. The van der Waals surface area contributed by atoms with Crippen LogP contribution in [0, 0.1) is 0 Å². The largest absolute Gasteiger partial charge is 0.301 e. The van der Waals surface area contributed by atoms with E-state index in [4.69, 9.17) is 0 Å². The van der Waals surface area contributed by atoms with Crippen molar-refractivity contribution in [2.75, 3.05) is 18.1 Å². The highest BCUT2D eigenvalue weighted by Gasteiger charge is 2.15. The van der Waals surface area contributed by atoms with Gasteiger partial charge in [-0.15, -0.1) is 0 Å². The summed E-state index contributed by atoms with van der Waals surface area (Å²) < 4.78 is 0. The van der Waals surface area contributed by atoms with E-state index in [2.05, 4.69) is 85.4 Å². The molecule has 0 spiro atoms. The standard InChI is InChI=1S/C22H32N2/c1-4-7-9-14-20-15-12-13-16-21(20)19-24(23(5-2)6-3)22-17-10-8-11-18-22/h8,10-13,15-18H,4-7,9,14,19H2,1-3H3. The van der Waals surface area contributed by atoms with Crippen LogP contribution >= 0.6 is 0 Å². The maximum absolute atomic E-state index is 2.43. The van der Waals surface area contributed by atoms with Crippen LogP contribution in [0.3, 0.4) is 0 Å². The van der Waals surface area contributed by atoms with Crippen LogP contribution in [0.25, 0.3) is 0 Å². The molecule has 0 unspecified atom stereocenters. The number of benzene rings is 2. The SMILES string of the molecule is CCCCCc1ccccc1CN(c1ccccc1)N(CC)CC. The van der Waals surface area contributed by atoms with E-state index in [9.17, 15) is 0 Å². The number of aryl methyl sites for hydroxylation is 1. The lowest BCUT2D eigenvalue weighted by Crippen LogP contribution is -2.42. The van der Waals surface area contributed by atoms with Crippen LogP contribution in [-0.4, -0.2) is 18.1 Å². The summed E-state index contributed by atoms with van der Waals surface area (Å²) in [7, 11) is 0. The van der Waals surface area contributed by atoms with Gasteiger partial charge in [-0.3, -0.25) is 0 Å². The van der Waals surface area contributed by atoms with Gasteiger partial charge in [0.05, 0.1) is 12.2 Å². The minimum absolute atomic E-state index is 0.938. The Balaban J connectivity index is 2.23. The molecule has 0 heterocycles. The molecule has 130 valence electrons. The van der Waals surface area contributed by atoms with Crippen molar-refractivity contribution >= 4 is 5.69 Å². The first-order chi connectivity index (χ1) is 11.8. The van der Waals surface area contributed by atoms with Gasteiger partial charge in [-0.05, 0) is 36.1 Å². The Hall–Kier alpha value is -1.80. The van der Waals surface area contributed by atoms with Gasteiger partial charge >= 0.3 is 0 Å². The van der Waals surface area contributed by atoms with Crippen LogP contribution in [0.4, 0.5) is 5.69 Å². The molecule has 0 radical (unpaired) electrons. The first-order valence-corrected chi connectivity index (χ1v) is 9.44. The molecule has 2 aromatic carbocycles. The highest BCUT2D eigenvalue weighted by atomic mass is 15.6. The summed E-state index contributed by atoms with van der Waals surface area (Å²) in [5.41, 5.74) is 4.22. The van der Waals surface area contributed by atoms with Crippen molar-refractivity contribution in [1.82, 2.24) is 5.01 Å². The topological polar surface area (TPSA) is 6.48 Å². The van der Waals surface area contributed by atoms with Crippen LogP contribution in [-0.2, 0) is 13.0 Å². The third kappa shape index (κ3) is 5.10. The average Bonchev–Trinajstić information content (AvgIpc) is 2.64. The Kier molecular flexibility index (Phi) is 7.84. The number of nitrogens with zero attached hydrogens (tertiary/aromatic N) is 2. The molecule has 0 atom stereocenters. The Morgan fingerprint density at radius 2 is 1.33 bits per heavy atom. The van der Waals surface area contributed by atoms with Crippen LogP contribution < -0.4 is 5.01 Å². The highest BCUT2D eigenvalue weighted by Crippen LogP contribution is 2.22. The van der Waals surface area contributed by atoms with E-state index in [1.54, 1.807) is 0 Å². The predicted molar refractivity (Wildman–Crippen MR) is 105 cm³/mol. The first-order valence-electron chi connectivity index (χ1n) is 9.44. The minimum Gasteiger partial charge on any atom is -0.301 e. The van der Waals surface area contributed by atoms with Crippen molar-refractivity contribution in [3.05, 3.63) is 65.7 Å². The Labute approximate surface area is 148 Å². The summed E-state index contributed by atoms with van der Waals surface area (Å²) in [4.78, 5) is 0. The van der Waals surface area contributed by atoms with Crippen LogP contribution in [0.2, 0.25) is 0 Å². The number of para-hydroxylation sites is 1. The number of anilines is 1. The maximum atomic E-state index is 2.43. The summed E-state index contributed by atoms with van der Waals surface area (Å²) in [6, 6.07) is 19.7. The van der Waals surface area contributed by atoms with Crippen LogP contribution in [0.1, 0.15) is 51.2 Å². The van der Waals surface area contributed by atoms with E-state index in [0.717, 1.165) is 19.6 Å². The molecule has 0 amide bonds. The van der Waals surface area contributed by atoms with E-state index in [-0.39, 0.29) is 0 Å². The third-order valence-corrected chi connectivity index (χ3v) is 4.61. The number of unbranched alkanes of at least 4 members (excludes halogenated alkanes) is 2. The zero-order valence-electron chi connectivity index (χ0n) is 15.5. The van der Waals surface area contributed by atoms with E-state index in [1.807, 2.05) is 0 Å². The van der Waals surface area contributed by atoms with Gasteiger partial charge in [0.15, 0.2) is 0 Å². The Morgan fingerprint density at radius 1 is 0.708 bits per heavy atom. The summed E-state index contributed by atoms with van der Waals surface area (Å²) in [6.45, 7) is 9.70. The van der Waals surface area contributed by atoms with Crippen LogP contribution in [0.5, 0.6) is 0 Å². The molecule has 0 saturated heterocycles. The van der Waals surface area contributed by atoms with Gasteiger partial charge in [-0.25, -0.2) is 5.01 Å². The molecule has 2 aromatic rings. The smallest absolute Gasteiger partial charge is 0.0600 e. The number of hydrogen-bond donors (Lipinski definition) is 0. The first kappa shape index (κ1) is 18.5. The molecular weight excluding hydrogens is 292 g/mol. The second-order valence-electron chi connectivity index (χ2n) is 6.26. The van der Waals surface area contributed by atoms with E-state index >= 15 is 0 Å². The predicted octanol–water partition coefficient (Wildman–Crippen LogP) is 5.68. The van der Waals surface area contributed by atoms with Gasteiger partial charge in [0.25, 0.3) is 0 Å². The molecule has 24 heavy (non-hydrogen) atoms. The van der Waals surface area contributed by atoms with E-state index in [0.29, 0.717) is 0 Å². The molecule has 0 aliphatic carbocycles. The molecule has 0 aromatic heterocycles. The summed E-state index contributed by atoms with van der Waals surface area (Å²) in [5.74, 6) is 0. The van der Waals surface area contributed by atoms with Crippen molar-refractivity contribution in [3.8, 4) is 0 Å². The molecule has 0 aliphatic rings. The monoisotopic (exact) mass is 324 g/mol. The summed E-state index contributed by atoms with van der Waals surface area (Å²) in [6.07, 6.45) is 5.06. The normalized spacial score (nSPS) is 11.0. The van der Waals surface area contributed by atoms with Crippen molar-refractivity contribution in [2.45, 2.75) is 53.0 Å². The fourth-order valence-electron chi connectivity index (χ4n) is 3.20. The van der Waals surface area contributed by atoms with Crippen molar-refractivity contribution in [3.63, 3.8) is 0 Å². The molecule has 2 nitrogen and oxygen atoms in total. The average molecular weight is 325 g/mol. The summed E-state index contributed by atoms with van der Waals surface area (Å²) >= 11 is 0. The maximum Gasteiger partial charge on any atom is 0.0600 e. The minimum atomic E-state index is 0.938. The van der Waals surface area contributed by atoms with Crippen LogP contribution in [0.15, 0.2) is 54.6 Å². The molecule has 0 N–H and O–H groups in total. The lowest BCUT2D eigenvalue weighted by molar-refractivity contribution is 0.271. The third-order valence-electron chi connectivity index (χ3n) is 4.61. The lowest BCUT2D eigenvalue weighted by Gasteiger charge is -2.36. The zero-order chi connectivity index (χ0) is 17.2. The molecule has 0 bridgehead atoms. The fourth-order valence-corrected chi connectivity index (χ4v) is 3.20. The van der Waals surface area contributed by atoms with Gasteiger partial charge in [0, 0.05) is 13.1 Å². The second kappa shape index (κ2) is 10.1. The Morgan fingerprint density at radius 3 is 1.96 bits per heavy atom. The highest BCUT2D eigenvalue weighted by molar-refractivity contribution is 5.46. The van der Waals surface area contributed by atoms with Crippen molar-refractivity contribution in [2.24, 2.45) is 0 Å². The Bertz CT molecular complexity index is 576. The molecule has 2 heteroatoms. The van der Waals surface area contributed by atoms with E-state index in [1.165, 1.54) is 42.5 Å². The van der Waals surface area contributed by atoms with Gasteiger partial charge in [0.2, 0.25) is 0 Å². The van der Waals surface area contributed by atoms with Gasteiger partial charge in [-0.1, -0.05) is 76.1 Å². The van der Waals surface area contributed by atoms with E-state index < -0.39 is 0 Å². The molecule has 2 rings (SSSR count).